The first-order valence-corrected chi connectivity index (χ1v) is 11.9. The van der Waals surface area contributed by atoms with Crippen molar-refractivity contribution in [1.29, 1.82) is 0 Å². The Bertz CT molecular complexity index is 1250. The first-order chi connectivity index (χ1) is 16.3. The molecule has 1 aliphatic heterocycles. The van der Waals surface area contributed by atoms with Crippen LogP contribution in [-0.2, 0) is 6.54 Å². The van der Waals surface area contributed by atoms with E-state index >= 15 is 0 Å². The zero-order valence-corrected chi connectivity index (χ0v) is 18.9. The summed E-state index contributed by atoms with van der Waals surface area (Å²) in [6.07, 6.45) is 2.02. The Labute approximate surface area is 194 Å². The molecule has 168 valence electrons. The van der Waals surface area contributed by atoms with E-state index in [1.54, 1.807) is 10.7 Å². The third-order valence-corrected chi connectivity index (χ3v) is 6.51. The summed E-state index contributed by atoms with van der Waals surface area (Å²) in [4.78, 5) is 17.3. The van der Waals surface area contributed by atoms with Gasteiger partial charge in [-0.1, -0.05) is 66.7 Å². The van der Waals surface area contributed by atoms with Gasteiger partial charge in [-0.05, 0) is 36.9 Å². The molecule has 0 spiro atoms. The second-order valence-electron chi connectivity index (χ2n) is 8.68. The van der Waals surface area contributed by atoms with Gasteiger partial charge in [0.2, 0.25) is 0 Å². The summed E-state index contributed by atoms with van der Waals surface area (Å²) in [5, 5.41) is 7.22. The molecule has 5 nitrogen and oxygen atoms in total. The number of hydrogen-bond acceptors (Lipinski definition) is 4. The smallest absolute Gasteiger partial charge is 0.266 e. The van der Waals surface area contributed by atoms with Crippen LogP contribution in [0.2, 0.25) is 0 Å². The molecular formula is C28H30N4O. The van der Waals surface area contributed by atoms with E-state index in [2.05, 4.69) is 57.4 Å². The highest BCUT2D eigenvalue weighted by Gasteiger charge is 2.18. The van der Waals surface area contributed by atoms with Crippen LogP contribution in [0.25, 0.3) is 22.0 Å². The van der Waals surface area contributed by atoms with Crippen molar-refractivity contribution in [2.75, 3.05) is 37.6 Å². The lowest BCUT2D eigenvalue weighted by atomic mass is 10.1. The average Bonchev–Trinajstić information content (AvgIpc) is 2.88. The van der Waals surface area contributed by atoms with Crippen LogP contribution in [0.4, 0.5) is 5.69 Å². The molecule has 0 radical (unpaired) electrons. The Morgan fingerprint density at radius 3 is 2.27 bits per heavy atom. The normalized spacial score (nSPS) is 14.6. The van der Waals surface area contributed by atoms with E-state index in [-0.39, 0.29) is 5.56 Å². The summed E-state index contributed by atoms with van der Waals surface area (Å²) in [5.74, 6) is 0. The third kappa shape index (κ3) is 4.99. The number of fused-ring (bicyclic) bond motifs is 1. The van der Waals surface area contributed by atoms with Gasteiger partial charge >= 0.3 is 0 Å². The van der Waals surface area contributed by atoms with Crippen LogP contribution in [0.3, 0.4) is 0 Å². The van der Waals surface area contributed by atoms with E-state index in [0.29, 0.717) is 6.54 Å². The van der Waals surface area contributed by atoms with Crippen molar-refractivity contribution in [2.45, 2.75) is 19.4 Å². The van der Waals surface area contributed by atoms with Gasteiger partial charge in [-0.25, -0.2) is 4.68 Å². The van der Waals surface area contributed by atoms with Gasteiger partial charge in [0, 0.05) is 55.4 Å². The number of benzene rings is 3. The molecule has 0 atom stereocenters. The van der Waals surface area contributed by atoms with Gasteiger partial charge in [-0.2, -0.15) is 5.10 Å². The molecule has 4 aromatic rings. The topological polar surface area (TPSA) is 41.4 Å². The van der Waals surface area contributed by atoms with E-state index < -0.39 is 0 Å². The maximum absolute atomic E-state index is 12.2. The van der Waals surface area contributed by atoms with Crippen LogP contribution in [0, 0.1) is 0 Å². The summed E-state index contributed by atoms with van der Waals surface area (Å²) in [6, 6.07) is 28.7. The summed E-state index contributed by atoms with van der Waals surface area (Å²) in [5.41, 5.74) is 3.20. The molecule has 3 aromatic carbocycles. The summed E-state index contributed by atoms with van der Waals surface area (Å²) < 4.78 is 1.61. The molecular weight excluding hydrogens is 408 g/mol. The lowest BCUT2D eigenvalue weighted by molar-refractivity contribution is 0.250. The van der Waals surface area contributed by atoms with Crippen molar-refractivity contribution in [3.63, 3.8) is 0 Å². The fourth-order valence-corrected chi connectivity index (χ4v) is 4.67. The molecule has 1 aliphatic rings. The molecule has 2 heterocycles. The second-order valence-corrected chi connectivity index (χ2v) is 8.68. The van der Waals surface area contributed by atoms with Crippen LogP contribution in [0.5, 0.6) is 0 Å². The fraction of sp³-hybridized carbons (Fsp3) is 0.286. The number of unbranched alkanes of at least 4 members (excludes halogenated alkanes) is 1. The first kappa shape index (κ1) is 21.4. The molecule has 0 saturated carbocycles. The largest absolute Gasteiger partial charge is 0.368 e. The van der Waals surface area contributed by atoms with E-state index in [0.717, 1.165) is 56.8 Å². The highest BCUT2D eigenvalue weighted by atomic mass is 16.1. The van der Waals surface area contributed by atoms with Crippen LogP contribution in [-0.4, -0.2) is 47.4 Å². The first-order valence-electron chi connectivity index (χ1n) is 11.9. The molecule has 33 heavy (non-hydrogen) atoms. The Morgan fingerprint density at radius 2 is 1.42 bits per heavy atom. The number of nitrogens with zero attached hydrogens (tertiary/aromatic N) is 4. The number of aromatic nitrogens is 2. The highest BCUT2D eigenvalue weighted by molar-refractivity contribution is 5.94. The van der Waals surface area contributed by atoms with Gasteiger partial charge in [-0.15, -0.1) is 0 Å². The van der Waals surface area contributed by atoms with Gasteiger partial charge in [0.1, 0.15) is 0 Å². The highest BCUT2D eigenvalue weighted by Crippen LogP contribution is 2.27. The molecule has 0 unspecified atom stereocenters. The molecule has 1 saturated heterocycles. The Hall–Kier alpha value is -3.44. The Balaban J connectivity index is 1.12. The van der Waals surface area contributed by atoms with Crippen molar-refractivity contribution >= 4 is 16.5 Å². The summed E-state index contributed by atoms with van der Waals surface area (Å²) in [6.45, 7) is 5.98. The number of rotatable bonds is 7. The van der Waals surface area contributed by atoms with E-state index in [9.17, 15) is 4.79 Å². The third-order valence-electron chi connectivity index (χ3n) is 6.51. The molecule has 5 rings (SSSR count). The molecule has 0 bridgehead atoms. The molecule has 0 aliphatic carbocycles. The second kappa shape index (κ2) is 10.0. The van der Waals surface area contributed by atoms with Crippen molar-refractivity contribution in [2.24, 2.45) is 0 Å². The Morgan fingerprint density at radius 1 is 0.697 bits per heavy atom. The average molecular weight is 439 g/mol. The van der Waals surface area contributed by atoms with E-state index in [1.165, 1.54) is 16.5 Å². The molecule has 5 heteroatoms. The number of piperazine rings is 1. The monoisotopic (exact) mass is 438 g/mol. The predicted octanol–water partition coefficient (Wildman–Crippen LogP) is 4.67. The van der Waals surface area contributed by atoms with Gasteiger partial charge < -0.3 is 4.90 Å². The van der Waals surface area contributed by atoms with Crippen LogP contribution in [0.15, 0.2) is 89.7 Å². The van der Waals surface area contributed by atoms with Crippen LogP contribution < -0.4 is 10.5 Å². The lowest BCUT2D eigenvalue weighted by Gasteiger charge is -2.36. The van der Waals surface area contributed by atoms with Crippen LogP contribution >= 0.6 is 0 Å². The van der Waals surface area contributed by atoms with Crippen molar-refractivity contribution in [1.82, 2.24) is 14.7 Å². The minimum atomic E-state index is -0.0293. The molecule has 1 fully saturated rings. The zero-order valence-electron chi connectivity index (χ0n) is 18.9. The fourth-order valence-electron chi connectivity index (χ4n) is 4.67. The van der Waals surface area contributed by atoms with Crippen molar-refractivity contribution in [3.8, 4) is 11.3 Å². The van der Waals surface area contributed by atoms with Gasteiger partial charge in [0.25, 0.3) is 5.56 Å². The SMILES string of the molecule is O=c1ccc(-c2ccccc2)nn1CCCCN1CCN(c2cccc3ccccc23)CC1. The van der Waals surface area contributed by atoms with Gasteiger partial charge in [0.15, 0.2) is 0 Å². The minimum absolute atomic E-state index is 0.0293. The number of aryl methyl sites for hydroxylation is 1. The van der Waals surface area contributed by atoms with Crippen molar-refractivity contribution in [3.05, 3.63) is 95.3 Å². The van der Waals surface area contributed by atoms with Gasteiger partial charge in [0.05, 0.1) is 5.69 Å². The van der Waals surface area contributed by atoms with Crippen molar-refractivity contribution < 1.29 is 0 Å². The molecule has 0 amide bonds. The summed E-state index contributed by atoms with van der Waals surface area (Å²) >= 11 is 0. The van der Waals surface area contributed by atoms with E-state index in [1.807, 2.05) is 36.4 Å². The summed E-state index contributed by atoms with van der Waals surface area (Å²) in [7, 11) is 0. The standard InChI is InChI=1S/C28H30N4O/c33-28-16-15-26(24-10-2-1-3-11-24)29-32(28)18-7-6-17-30-19-21-31(22-20-30)27-14-8-12-23-9-4-5-13-25(23)27/h1-5,8-16H,6-7,17-22H2. The lowest BCUT2D eigenvalue weighted by Crippen LogP contribution is -2.46. The quantitative estimate of drug-likeness (QED) is 0.394. The number of hydrogen-bond donors (Lipinski definition) is 0. The predicted molar refractivity (Wildman–Crippen MR) is 136 cm³/mol. The molecule has 1 aromatic heterocycles. The number of anilines is 1. The van der Waals surface area contributed by atoms with Crippen LogP contribution in [0.1, 0.15) is 12.8 Å². The Kier molecular flexibility index (Phi) is 6.49. The molecule has 0 N–H and O–H groups in total. The zero-order chi connectivity index (χ0) is 22.5. The minimum Gasteiger partial charge on any atom is -0.368 e. The van der Waals surface area contributed by atoms with Gasteiger partial charge in [-0.3, -0.25) is 9.69 Å². The van der Waals surface area contributed by atoms with E-state index in [4.69, 9.17) is 0 Å². The maximum Gasteiger partial charge on any atom is 0.266 e. The maximum atomic E-state index is 12.2.